The number of imidazole rings is 1. The van der Waals surface area contributed by atoms with Crippen LogP contribution in [0, 0.1) is 11.8 Å². The third-order valence-corrected chi connectivity index (χ3v) is 8.46. The molecule has 49 heavy (non-hydrogen) atoms. The molecule has 5 N–H and O–H groups in total. The first-order valence-corrected chi connectivity index (χ1v) is 16.7. The summed E-state index contributed by atoms with van der Waals surface area (Å²) < 4.78 is 4.72. The van der Waals surface area contributed by atoms with Crippen molar-refractivity contribution in [3.8, 4) is 0 Å². The molecule has 1 aromatic heterocycles. The molecule has 4 atom stereocenters. The van der Waals surface area contributed by atoms with Gasteiger partial charge in [0.2, 0.25) is 17.7 Å². The van der Waals surface area contributed by atoms with Crippen LogP contribution in [0.1, 0.15) is 49.9 Å². The van der Waals surface area contributed by atoms with E-state index >= 15 is 0 Å². The Bertz CT molecular complexity index is 1650. The summed E-state index contributed by atoms with van der Waals surface area (Å²) in [5.41, 5.74) is 2.61. The number of rotatable bonds is 18. The minimum absolute atomic E-state index is 0.0866. The fraction of sp³-hybridized carbons (Fsp3) is 0.395. The Morgan fingerprint density at radius 3 is 2.33 bits per heavy atom. The highest BCUT2D eigenvalue weighted by molar-refractivity contribution is 5.92. The van der Waals surface area contributed by atoms with Crippen molar-refractivity contribution < 1.29 is 29.0 Å². The topological polar surface area (TPSA) is 163 Å². The average molecular weight is 670 g/mol. The highest BCUT2D eigenvalue weighted by atomic mass is 16.5. The molecule has 0 aliphatic carbocycles. The molecule has 0 spiro atoms. The highest BCUT2D eigenvalue weighted by Crippen LogP contribution is 2.23. The average Bonchev–Trinajstić information content (AvgIpc) is 3.61. The number of carbonyl (C=O) groups is 4. The van der Waals surface area contributed by atoms with Gasteiger partial charge in [-0.15, -0.1) is 0 Å². The summed E-state index contributed by atoms with van der Waals surface area (Å²) in [6.45, 7) is 4.30. The van der Waals surface area contributed by atoms with E-state index < -0.39 is 41.9 Å². The van der Waals surface area contributed by atoms with Gasteiger partial charge < -0.3 is 30.8 Å². The molecule has 11 heteroatoms. The second kappa shape index (κ2) is 18.5. The Morgan fingerprint density at radius 2 is 1.61 bits per heavy atom. The number of aromatic amines is 1. The zero-order valence-electron chi connectivity index (χ0n) is 28.4. The van der Waals surface area contributed by atoms with Crippen molar-refractivity contribution in [1.82, 2.24) is 25.9 Å². The van der Waals surface area contributed by atoms with Gasteiger partial charge in [-0.05, 0) is 47.1 Å². The maximum Gasteiger partial charge on any atom is 0.308 e. The molecular formula is C38H47N5O6. The van der Waals surface area contributed by atoms with Gasteiger partial charge >= 0.3 is 5.97 Å². The zero-order chi connectivity index (χ0) is 35.2. The van der Waals surface area contributed by atoms with Crippen molar-refractivity contribution in [3.63, 3.8) is 0 Å². The lowest BCUT2D eigenvalue weighted by Gasteiger charge is -2.28. The van der Waals surface area contributed by atoms with Crippen LogP contribution in [0.25, 0.3) is 10.8 Å². The van der Waals surface area contributed by atoms with Crippen molar-refractivity contribution >= 4 is 34.5 Å². The van der Waals surface area contributed by atoms with Crippen LogP contribution < -0.4 is 16.0 Å². The SMILES string of the molecule is COC(=O)C[C@H](O)[C@H](CC(C)C)NC(=O)[C@H](Cc1cnc[nH]1)NC(=O)C(CC(=O)NCCc1ccccc1)Cc1cccc2ccccc12. The summed E-state index contributed by atoms with van der Waals surface area (Å²) in [4.78, 5) is 60.2. The molecule has 3 amide bonds. The van der Waals surface area contributed by atoms with Gasteiger partial charge in [-0.1, -0.05) is 86.6 Å². The fourth-order valence-electron chi connectivity index (χ4n) is 5.90. The summed E-state index contributed by atoms with van der Waals surface area (Å²) in [6, 6.07) is 21.7. The molecule has 0 saturated carbocycles. The molecule has 0 aliphatic rings. The van der Waals surface area contributed by atoms with Gasteiger partial charge in [-0.25, -0.2) is 4.98 Å². The Kier molecular flexibility index (Phi) is 13.9. The number of aliphatic hydroxyl groups excluding tert-OH is 1. The van der Waals surface area contributed by atoms with Gasteiger partial charge in [-0.3, -0.25) is 19.2 Å². The number of carbonyl (C=O) groups excluding carboxylic acids is 4. The predicted molar refractivity (Wildman–Crippen MR) is 187 cm³/mol. The molecule has 0 bridgehead atoms. The van der Waals surface area contributed by atoms with Gasteiger partial charge in [-0.2, -0.15) is 0 Å². The molecule has 4 rings (SSSR count). The number of nitrogens with zero attached hydrogens (tertiary/aromatic N) is 1. The van der Waals surface area contributed by atoms with Gasteiger partial charge in [0.25, 0.3) is 0 Å². The second-order valence-corrected chi connectivity index (χ2v) is 12.8. The van der Waals surface area contributed by atoms with Crippen molar-refractivity contribution in [2.45, 2.75) is 70.6 Å². The van der Waals surface area contributed by atoms with Crippen LogP contribution in [0.15, 0.2) is 85.3 Å². The molecule has 11 nitrogen and oxygen atoms in total. The normalized spacial score (nSPS) is 13.7. The quantitative estimate of drug-likeness (QED) is 0.101. The Labute approximate surface area is 287 Å². The number of benzene rings is 3. The summed E-state index contributed by atoms with van der Waals surface area (Å²) in [5.74, 6) is -2.57. The van der Waals surface area contributed by atoms with Crippen LogP contribution in [0.5, 0.6) is 0 Å². The molecule has 1 heterocycles. The molecule has 3 aromatic carbocycles. The van der Waals surface area contributed by atoms with Crippen molar-refractivity contribution in [1.29, 1.82) is 0 Å². The number of hydrogen-bond acceptors (Lipinski definition) is 7. The Hall–Kier alpha value is -5.03. The zero-order valence-corrected chi connectivity index (χ0v) is 28.4. The van der Waals surface area contributed by atoms with E-state index in [4.69, 9.17) is 4.74 Å². The van der Waals surface area contributed by atoms with Gasteiger partial charge in [0.05, 0.1) is 37.9 Å². The monoisotopic (exact) mass is 669 g/mol. The van der Waals surface area contributed by atoms with Crippen LogP contribution in [0.2, 0.25) is 0 Å². The number of hydrogen-bond donors (Lipinski definition) is 5. The minimum Gasteiger partial charge on any atom is -0.469 e. The van der Waals surface area contributed by atoms with Crippen molar-refractivity contribution in [2.24, 2.45) is 11.8 Å². The van der Waals surface area contributed by atoms with Gasteiger partial charge in [0.15, 0.2) is 0 Å². The molecule has 1 unspecified atom stereocenters. The third kappa shape index (κ3) is 11.6. The van der Waals surface area contributed by atoms with E-state index in [-0.39, 0.29) is 37.5 Å². The summed E-state index contributed by atoms with van der Waals surface area (Å²) in [7, 11) is 1.24. The van der Waals surface area contributed by atoms with Crippen LogP contribution in [-0.4, -0.2) is 70.6 Å². The van der Waals surface area contributed by atoms with Crippen LogP contribution in [0.3, 0.4) is 0 Å². The molecule has 0 radical (unpaired) electrons. The van der Waals surface area contributed by atoms with Crippen LogP contribution >= 0.6 is 0 Å². The lowest BCUT2D eigenvalue weighted by molar-refractivity contribution is -0.144. The Balaban J connectivity index is 1.55. The molecular weight excluding hydrogens is 622 g/mol. The lowest BCUT2D eigenvalue weighted by atomic mass is 9.91. The number of aliphatic hydroxyl groups is 1. The first-order chi connectivity index (χ1) is 23.6. The van der Waals surface area contributed by atoms with E-state index in [1.54, 1.807) is 6.20 Å². The lowest BCUT2D eigenvalue weighted by Crippen LogP contribution is -2.55. The van der Waals surface area contributed by atoms with Crippen LogP contribution in [0.4, 0.5) is 0 Å². The van der Waals surface area contributed by atoms with Crippen molar-refractivity contribution in [3.05, 3.63) is 102 Å². The second-order valence-electron chi connectivity index (χ2n) is 12.8. The number of methoxy groups -OCH3 is 1. The van der Waals surface area contributed by atoms with Crippen LogP contribution in [-0.2, 0) is 43.2 Å². The number of ether oxygens (including phenoxy) is 1. The summed E-state index contributed by atoms with van der Waals surface area (Å²) in [6.07, 6.45) is 2.87. The van der Waals surface area contributed by atoms with E-state index in [9.17, 15) is 24.3 Å². The maximum absolute atomic E-state index is 14.1. The number of aromatic nitrogens is 2. The van der Waals surface area contributed by atoms with Gasteiger partial charge in [0.1, 0.15) is 6.04 Å². The summed E-state index contributed by atoms with van der Waals surface area (Å²) >= 11 is 0. The Morgan fingerprint density at radius 1 is 0.878 bits per heavy atom. The highest BCUT2D eigenvalue weighted by Gasteiger charge is 2.32. The van der Waals surface area contributed by atoms with E-state index in [1.807, 2.05) is 86.6 Å². The molecule has 0 saturated heterocycles. The molecule has 4 aromatic rings. The number of H-pyrrole nitrogens is 1. The van der Waals surface area contributed by atoms with E-state index in [1.165, 1.54) is 13.4 Å². The third-order valence-electron chi connectivity index (χ3n) is 8.46. The molecule has 260 valence electrons. The number of fused-ring (bicyclic) bond motifs is 1. The largest absolute Gasteiger partial charge is 0.469 e. The minimum atomic E-state index is -1.19. The van der Waals surface area contributed by atoms with Gasteiger partial charge in [0, 0.05) is 31.3 Å². The number of nitrogens with one attached hydrogen (secondary N) is 4. The first-order valence-electron chi connectivity index (χ1n) is 16.7. The smallest absolute Gasteiger partial charge is 0.308 e. The number of amides is 3. The van der Waals surface area contributed by atoms with E-state index in [0.717, 1.165) is 21.9 Å². The predicted octanol–water partition coefficient (Wildman–Crippen LogP) is 3.65. The van der Waals surface area contributed by atoms with E-state index in [0.29, 0.717) is 25.1 Å². The van der Waals surface area contributed by atoms with E-state index in [2.05, 4.69) is 25.9 Å². The maximum atomic E-state index is 14.1. The fourth-order valence-corrected chi connectivity index (χ4v) is 5.90. The standard InChI is InChI=1S/C38H47N5O6/c1-25(2)18-32(34(44)22-36(46)49-3)42-38(48)33(21-30-23-39-24-41-30)43-37(47)29(19-28-14-9-13-27-12-7-8-15-31(27)28)20-35(45)40-17-16-26-10-5-4-6-11-26/h4-15,23-25,29,32-34,44H,16-22H2,1-3H3,(H,39,41)(H,40,45)(H,42,48)(H,43,47)/t29?,32-,33-,34-/m0/s1. The summed E-state index contributed by atoms with van der Waals surface area (Å²) in [5, 5.41) is 21.6. The molecule has 0 fully saturated rings. The van der Waals surface area contributed by atoms with Crippen molar-refractivity contribution in [2.75, 3.05) is 13.7 Å². The number of esters is 1. The molecule has 0 aliphatic heterocycles. The first kappa shape index (κ1) is 36.8.